The van der Waals surface area contributed by atoms with Gasteiger partial charge < -0.3 is 14.5 Å². The van der Waals surface area contributed by atoms with Crippen LogP contribution < -0.4 is 10.1 Å². The molecule has 0 saturated heterocycles. The van der Waals surface area contributed by atoms with E-state index in [0.29, 0.717) is 0 Å². The van der Waals surface area contributed by atoms with E-state index in [1.54, 1.807) is 13.3 Å². The lowest BCUT2D eigenvalue weighted by Gasteiger charge is -2.18. The van der Waals surface area contributed by atoms with Gasteiger partial charge in [-0.3, -0.25) is 4.68 Å². The first-order valence-electron chi connectivity index (χ1n) is 7.16. The molecule has 0 aromatic carbocycles. The summed E-state index contributed by atoms with van der Waals surface area (Å²) in [5.74, 6) is 2.67. The lowest BCUT2D eigenvalue weighted by molar-refractivity contribution is 0.378. The SMILES string of the molecule is CCNC(c1ccc(CC)o1)c1c(OC)cnn1CC. The molecular formula is C15H23N3O2. The summed E-state index contributed by atoms with van der Waals surface area (Å²) in [6, 6.07) is 4.01. The maximum absolute atomic E-state index is 5.91. The fourth-order valence-corrected chi connectivity index (χ4v) is 2.35. The Labute approximate surface area is 119 Å². The van der Waals surface area contributed by atoms with Gasteiger partial charge in [0.15, 0.2) is 5.75 Å². The molecule has 0 fully saturated rings. The Morgan fingerprint density at radius 1 is 1.35 bits per heavy atom. The molecule has 0 amide bonds. The van der Waals surface area contributed by atoms with Crippen LogP contribution in [0.15, 0.2) is 22.7 Å². The van der Waals surface area contributed by atoms with Crippen LogP contribution in [-0.2, 0) is 13.0 Å². The molecule has 0 aliphatic carbocycles. The predicted molar refractivity (Wildman–Crippen MR) is 78.1 cm³/mol. The highest BCUT2D eigenvalue weighted by atomic mass is 16.5. The Hall–Kier alpha value is -1.75. The molecule has 2 rings (SSSR count). The summed E-state index contributed by atoms with van der Waals surface area (Å²) in [4.78, 5) is 0. The molecule has 110 valence electrons. The number of hydrogen-bond acceptors (Lipinski definition) is 4. The standard InChI is InChI=1S/C15H23N3O2/c1-5-11-8-9-12(20-11)14(16-6-2)15-13(19-4)10-17-18(15)7-3/h8-10,14,16H,5-7H2,1-4H3. The lowest BCUT2D eigenvalue weighted by Crippen LogP contribution is -2.25. The molecule has 0 bridgehead atoms. The van der Waals surface area contributed by atoms with Crippen LogP contribution in [0, 0.1) is 0 Å². The van der Waals surface area contributed by atoms with Crippen LogP contribution in [-0.4, -0.2) is 23.4 Å². The van der Waals surface area contributed by atoms with Gasteiger partial charge in [-0.1, -0.05) is 13.8 Å². The number of ether oxygens (including phenoxy) is 1. The minimum Gasteiger partial charge on any atom is -0.493 e. The van der Waals surface area contributed by atoms with Crippen molar-refractivity contribution in [2.75, 3.05) is 13.7 Å². The van der Waals surface area contributed by atoms with Crippen molar-refractivity contribution in [2.24, 2.45) is 0 Å². The van der Waals surface area contributed by atoms with Crippen molar-refractivity contribution < 1.29 is 9.15 Å². The number of methoxy groups -OCH3 is 1. The van der Waals surface area contributed by atoms with E-state index >= 15 is 0 Å². The van der Waals surface area contributed by atoms with Crippen molar-refractivity contribution in [3.63, 3.8) is 0 Å². The Bertz CT molecular complexity index is 524. The fraction of sp³-hybridized carbons (Fsp3) is 0.533. The molecule has 1 atom stereocenters. The molecule has 0 radical (unpaired) electrons. The second-order valence-electron chi connectivity index (χ2n) is 4.56. The van der Waals surface area contributed by atoms with Crippen LogP contribution in [0.25, 0.3) is 0 Å². The Morgan fingerprint density at radius 2 is 2.15 bits per heavy atom. The molecule has 2 heterocycles. The van der Waals surface area contributed by atoms with Crippen LogP contribution in [0.3, 0.4) is 0 Å². The van der Waals surface area contributed by atoms with E-state index in [9.17, 15) is 0 Å². The monoisotopic (exact) mass is 277 g/mol. The van der Waals surface area contributed by atoms with Gasteiger partial charge in [0.05, 0.1) is 13.3 Å². The zero-order valence-corrected chi connectivity index (χ0v) is 12.6. The van der Waals surface area contributed by atoms with Crippen molar-refractivity contribution in [3.8, 4) is 5.75 Å². The van der Waals surface area contributed by atoms with E-state index in [1.807, 2.05) is 16.8 Å². The second-order valence-corrected chi connectivity index (χ2v) is 4.56. The zero-order chi connectivity index (χ0) is 14.5. The predicted octanol–water partition coefficient (Wildman–Crippen LogP) is 2.77. The van der Waals surface area contributed by atoms with E-state index in [0.717, 1.165) is 42.5 Å². The number of aryl methyl sites for hydroxylation is 2. The Kier molecular flexibility index (Phi) is 4.84. The highest BCUT2D eigenvalue weighted by Crippen LogP contribution is 2.31. The molecule has 0 aliphatic rings. The van der Waals surface area contributed by atoms with Gasteiger partial charge in [-0.05, 0) is 25.6 Å². The second kappa shape index (κ2) is 6.61. The van der Waals surface area contributed by atoms with Gasteiger partial charge >= 0.3 is 0 Å². The van der Waals surface area contributed by atoms with Gasteiger partial charge in [-0.2, -0.15) is 5.10 Å². The number of nitrogens with zero attached hydrogens (tertiary/aromatic N) is 2. The van der Waals surface area contributed by atoms with Crippen molar-refractivity contribution in [2.45, 2.75) is 39.8 Å². The van der Waals surface area contributed by atoms with Crippen molar-refractivity contribution in [3.05, 3.63) is 35.5 Å². The van der Waals surface area contributed by atoms with E-state index in [2.05, 4.69) is 31.2 Å². The highest BCUT2D eigenvalue weighted by molar-refractivity contribution is 5.33. The maximum Gasteiger partial charge on any atom is 0.162 e. The first kappa shape index (κ1) is 14.7. The van der Waals surface area contributed by atoms with Crippen LogP contribution in [0.2, 0.25) is 0 Å². The summed E-state index contributed by atoms with van der Waals surface area (Å²) in [6.07, 6.45) is 2.65. The van der Waals surface area contributed by atoms with Crippen LogP contribution in [0.5, 0.6) is 5.75 Å². The fourth-order valence-electron chi connectivity index (χ4n) is 2.35. The average Bonchev–Trinajstić information content (AvgIpc) is 3.10. The quantitative estimate of drug-likeness (QED) is 0.845. The van der Waals surface area contributed by atoms with Gasteiger partial charge in [-0.15, -0.1) is 0 Å². The summed E-state index contributed by atoms with van der Waals surface area (Å²) in [7, 11) is 1.67. The summed E-state index contributed by atoms with van der Waals surface area (Å²) >= 11 is 0. The Morgan fingerprint density at radius 3 is 2.70 bits per heavy atom. The van der Waals surface area contributed by atoms with Crippen molar-refractivity contribution >= 4 is 0 Å². The lowest BCUT2D eigenvalue weighted by atomic mass is 10.1. The maximum atomic E-state index is 5.91. The van der Waals surface area contributed by atoms with Gasteiger partial charge in [-0.25, -0.2) is 0 Å². The smallest absolute Gasteiger partial charge is 0.162 e. The third-order valence-electron chi connectivity index (χ3n) is 3.36. The van der Waals surface area contributed by atoms with E-state index in [4.69, 9.17) is 9.15 Å². The minimum absolute atomic E-state index is 0.0438. The van der Waals surface area contributed by atoms with Crippen molar-refractivity contribution in [1.82, 2.24) is 15.1 Å². The van der Waals surface area contributed by atoms with Gasteiger partial charge in [0, 0.05) is 13.0 Å². The number of hydrogen-bond donors (Lipinski definition) is 1. The van der Waals surface area contributed by atoms with Crippen LogP contribution in [0.1, 0.15) is 44.0 Å². The molecule has 20 heavy (non-hydrogen) atoms. The molecule has 5 heteroatoms. The van der Waals surface area contributed by atoms with E-state index in [1.165, 1.54) is 0 Å². The molecule has 0 saturated carbocycles. The zero-order valence-electron chi connectivity index (χ0n) is 12.6. The molecule has 1 unspecified atom stereocenters. The molecule has 0 spiro atoms. The third kappa shape index (κ3) is 2.72. The van der Waals surface area contributed by atoms with Crippen molar-refractivity contribution in [1.29, 1.82) is 0 Å². The third-order valence-corrected chi connectivity index (χ3v) is 3.36. The average molecular weight is 277 g/mol. The summed E-state index contributed by atoms with van der Waals surface area (Å²) < 4.78 is 13.3. The summed E-state index contributed by atoms with van der Waals surface area (Å²) in [5, 5.41) is 7.82. The summed E-state index contributed by atoms with van der Waals surface area (Å²) in [5.41, 5.74) is 1.01. The number of rotatable bonds is 7. The molecular weight excluding hydrogens is 254 g/mol. The van der Waals surface area contributed by atoms with E-state index in [-0.39, 0.29) is 6.04 Å². The topological polar surface area (TPSA) is 52.2 Å². The largest absolute Gasteiger partial charge is 0.493 e. The van der Waals surface area contributed by atoms with Crippen LogP contribution >= 0.6 is 0 Å². The normalized spacial score (nSPS) is 12.6. The number of furan rings is 1. The van der Waals surface area contributed by atoms with Crippen LogP contribution in [0.4, 0.5) is 0 Å². The first-order valence-corrected chi connectivity index (χ1v) is 7.16. The molecule has 2 aromatic rings. The Balaban J connectivity index is 2.44. The highest BCUT2D eigenvalue weighted by Gasteiger charge is 2.25. The van der Waals surface area contributed by atoms with E-state index < -0.39 is 0 Å². The molecule has 1 N–H and O–H groups in total. The number of nitrogens with one attached hydrogen (secondary N) is 1. The van der Waals surface area contributed by atoms with Gasteiger partial charge in [0.2, 0.25) is 0 Å². The first-order chi connectivity index (χ1) is 9.74. The van der Waals surface area contributed by atoms with Gasteiger partial charge in [0.1, 0.15) is 23.3 Å². The molecule has 5 nitrogen and oxygen atoms in total. The molecule has 0 aliphatic heterocycles. The van der Waals surface area contributed by atoms with Gasteiger partial charge in [0.25, 0.3) is 0 Å². The molecule has 2 aromatic heterocycles. The summed E-state index contributed by atoms with van der Waals surface area (Å²) in [6.45, 7) is 7.86. The number of aromatic nitrogens is 2. The minimum atomic E-state index is -0.0438.